The van der Waals surface area contributed by atoms with E-state index >= 15 is 0 Å². The van der Waals surface area contributed by atoms with Gasteiger partial charge in [0.15, 0.2) is 0 Å². The molecule has 0 aliphatic heterocycles. The minimum Gasteiger partial charge on any atom is -0.493 e. The lowest BCUT2D eigenvalue weighted by molar-refractivity contribution is 0.233. The number of aliphatic hydroxyl groups is 1. The lowest BCUT2D eigenvalue weighted by Gasteiger charge is -2.10. The maximum Gasteiger partial charge on any atom is 0.119 e. The average molecular weight is 223 g/mol. The highest BCUT2D eigenvalue weighted by atomic mass is 16.5. The van der Waals surface area contributed by atoms with Gasteiger partial charge in [-0.25, -0.2) is 0 Å². The molecule has 0 fully saturated rings. The first-order valence-corrected chi connectivity index (χ1v) is 5.78. The van der Waals surface area contributed by atoms with Crippen LogP contribution in [0.3, 0.4) is 0 Å². The Kier molecular flexibility index (Phi) is 5.90. The van der Waals surface area contributed by atoms with E-state index in [-0.39, 0.29) is 6.61 Å². The van der Waals surface area contributed by atoms with Crippen LogP contribution in [0.1, 0.15) is 25.8 Å². The predicted molar refractivity (Wildman–Crippen MR) is 65.6 cm³/mol. The van der Waals surface area contributed by atoms with Crippen LogP contribution >= 0.6 is 0 Å². The summed E-state index contributed by atoms with van der Waals surface area (Å²) in [6.45, 7) is 5.85. The molecule has 1 aromatic carbocycles. The van der Waals surface area contributed by atoms with Crippen molar-refractivity contribution in [1.29, 1.82) is 0 Å². The summed E-state index contributed by atoms with van der Waals surface area (Å²) in [4.78, 5) is 0. The van der Waals surface area contributed by atoms with Crippen molar-refractivity contribution in [2.45, 2.75) is 32.9 Å². The van der Waals surface area contributed by atoms with E-state index in [9.17, 15) is 0 Å². The Morgan fingerprint density at radius 3 is 2.88 bits per heavy atom. The topological polar surface area (TPSA) is 41.5 Å². The summed E-state index contributed by atoms with van der Waals surface area (Å²) in [7, 11) is 0. The molecule has 3 heteroatoms. The average Bonchev–Trinajstić information content (AvgIpc) is 2.27. The molecule has 0 aliphatic rings. The van der Waals surface area contributed by atoms with Crippen LogP contribution in [0.25, 0.3) is 0 Å². The molecular formula is C13H21NO2. The van der Waals surface area contributed by atoms with Gasteiger partial charge in [0.25, 0.3) is 0 Å². The van der Waals surface area contributed by atoms with Gasteiger partial charge in [-0.05, 0) is 17.7 Å². The third kappa shape index (κ3) is 5.14. The summed E-state index contributed by atoms with van der Waals surface area (Å²) in [6, 6.07) is 8.53. The smallest absolute Gasteiger partial charge is 0.119 e. The molecule has 0 aromatic heterocycles. The number of rotatable bonds is 7. The number of benzene rings is 1. The maximum absolute atomic E-state index is 8.65. The van der Waals surface area contributed by atoms with Gasteiger partial charge in [-0.1, -0.05) is 26.0 Å². The third-order valence-electron chi connectivity index (χ3n) is 2.18. The van der Waals surface area contributed by atoms with E-state index < -0.39 is 0 Å². The van der Waals surface area contributed by atoms with E-state index in [1.807, 2.05) is 18.2 Å². The Hall–Kier alpha value is -1.06. The van der Waals surface area contributed by atoms with Gasteiger partial charge in [-0.3, -0.25) is 0 Å². The summed E-state index contributed by atoms with van der Waals surface area (Å²) in [5.74, 6) is 0.872. The SMILES string of the molecule is CC(C)NCc1cccc(OCCCO)c1. The van der Waals surface area contributed by atoms with Gasteiger partial charge in [-0.2, -0.15) is 0 Å². The molecule has 0 radical (unpaired) electrons. The van der Waals surface area contributed by atoms with Gasteiger partial charge < -0.3 is 15.2 Å². The van der Waals surface area contributed by atoms with Crippen LogP contribution in [0.4, 0.5) is 0 Å². The third-order valence-corrected chi connectivity index (χ3v) is 2.18. The normalized spacial score (nSPS) is 10.8. The second-order valence-corrected chi connectivity index (χ2v) is 4.11. The van der Waals surface area contributed by atoms with Crippen molar-refractivity contribution in [3.63, 3.8) is 0 Å². The lowest BCUT2D eigenvalue weighted by atomic mass is 10.2. The highest BCUT2D eigenvalue weighted by molar-refractivity contribution is 5.28. The minimum absolute atomic E-state index is 0.175. The summed E-state index contributed by atoms with van der Waals surface area (Å²) in [5.41, 5.74) is 1.22. The van der Waals surface area contributed by atoms with Crippen LogP contribution in [0.5, 0.6) is 5.75 Å². The second-order valence-electron chi connectivity index (χ2n) is 4.11. The highest BCUT2D eigenvalue weighted by Gasteiger charge is 1.98. The van der Waals surface area contributed by atoms with E-state index in [1.165, 1.54) is 5.56 Å². The van der Waals surface area contributed by atoms with Crippen molar-refractivity contribution in [2.24, 2.45) is 0 Å². The van der Waals surface area contributed by atoms with Crippen LogP contribution < -0.4 is 10.1 Å². The monoisotopic (exact) mass is 223 g/mol. The van der Waals surface area contributed by atoms with Crippen molar-refractivity contribution >= 4 is 0 Å². The Morgan fingerprint density at radius 2 is 2.19 bits per heavy atom. The van der Waals surface area contributed by atoms with E-state index in [0.29, 0.717) is 19.1 Å². The number of hydrogen-bond donors (Lipinski definition) is 2. The van der Waals surface area contributed by atoms with Crippen molar-refractivity contribution in [2.75, 3.05) is 13.2 Å². The van der Waals surface area contributed by atoms with Crippen LogP contribution in [0.15, 0.2) is 24.3 Å². The van der Waals surface area contributed by atoms with Gasteiger partial charge in [0.2, 0.25) is 0 Å². The molecule has 0 atom stereocenters. The number of ether oxygens (including phenoxy) is 1. The number of hydrogen-bond acceptors (Lipinski definition) is 3. The molecular weight excluding hydrogens is 202 g/mol. The van der Waals surface area contributed by atoms with Crippen LogP contribution in [-0.4, -0.2) is 24.4 Å². The van der Waals surface area contributed by atoms with Gasteiger partial charge in [-0.15, -0.1) is 0 Å². The van der Waals surface area contributed by atoms with E-state index in [0.717, 1.165) is 12.3 Å². The summed E-state index contributed by atoms with van der Waals surface area (Å²) >= 11 is 0. The fraction of sp³-hybridized carbons (Fsp3) is 0.538. The molecule has 1 rings (SSSR count). The zero-order valence-corrected chi connectivity index (χ0v) is 10.1. The van der Waals surface area contributed by atoms with E-state index in [4.69, 9.17) is 9.84 Å². The quantitative estimate of drug-likeness (QED) is 0.694. The van der Waals surface area contributed by atoms with Crippen molar-refractivity contribution < 1.29 is 9.84 Å². The molecule has 0 spiro atoms. The number of aliphatic hydroxyl groups excluding tert-OH is 1. The lowest BCUT2D eigenvalue weighted by Crippen LogP contribution is -2.21. The molecule has 0 saturated heterocycles. The van der Waals surface area contributed by atoms with E-state index in [1.54, 1.807) is 0 Å². The molecule has 0 heterocycles. The Bertz CT molecular complexity index is 300. The molecule has 16 heavy (non-hydrogen) atoms. The Labute approximate surface area is 97.4 Å². The van der Waals surface area contributed by atoms with Crippen LogP contribution in [0, 0.1) is 0 Å². The second kappa shape index (κ2) is 7.25. The standard InChI is InChI=1S/C13H21NO2/c1-11(2)14-10-12-5-3-6-13(9-12)16-8-4-7-15/h3,5-6,9,11,14-15H,4,7-8,10H2,1-2H3. The van der Waals surface area contributed by atoms with Gasteiger partial charge >= 0.3 is 0 Å². The fourth-order valence-electron chi connectivity index (χ4n) is 1.32. The molecule has 3 nitrogen and oxygen atoms in total. The minimum atomic E-state index is 0.175. The van der Waals surface area contributed by atoms with Crippen LogP contribution in [0.2, 0.25) is 0 Å². The summed E-state index contributed by atoms with van der Waals surface area (Å²) in [6.07, 6.45) is 0.675. The molecule has 0 aliphatic carbocycles. The fourth-order valence-corrected chi connectivity index (χ4v) is 1.32. The molecule has 0 amide bonds. The Balaban J connectivity index is 2.43. The first-order chi connectivity index (χ1) is 7.72. The summed E-state index contributed by atoms with van der Waals surface area (Å²) in [5, 5.41) is 12.0. The molecule has 0 bridgehead atoms. The van der Waals surface area contributed by atoms with Gasteiger partial charge in [0.1, 0.15) is 5.75 Å². The molecule has 1 aromatic rings. The first-order valence-electron chi connectivity index (χ1n) is 5.78. The Morgan fingerprint density at radius 1 is 1.38 bits per heavy atom. The zero-order chi connectivity index (χ0) is 11.8. The summed E-state index contributed by atoms with van der Waals surface area (Å²) < 4.78 is 5.51. The van der Waals surface area contributed by atoms with Crippen molar-refractivity contribution in [3.8, 4) is 5.75 Å². The first kappa shape index (κ1) is 13.0. The number of nitrogens with one attached hydrogen (secondary N) is 1. The molecule has 90 valence electrons. The van der Waals surface area contributed by atoms with Gasteiger partial charge in [0.05, 0.1) is 6.61 Å². The van der Waals surface area contributed by atoms with Crippen molar-refractivity contribution in [1.82, 2.24) is 5.32 Å². The van der Waals surface area contributed by atoms with Gasteiger partial charge in [0, 0.05) is 25.6 Å². The highest BCUT2D eigenvalue weighted by Crippen LogP contribution is 2.13. The molecule has 0 saturated carbocycles. The zero-order valence-electron chi connectivity index (χ0n) is 10.1. The van der Waals surface area contributed by atoms with Crippen LogP contribution in [-0.2, 0) is 6.54 Å². The largest absolute Gasteiger partial charge is 0.493 e. The van der Waals surface area contributed by atoms with Crippen molar-refractivity contribution in [3.05, 3.63) is 29.8 Å². The molecule has 0 unspecified atom stereocenters. The van der Waals surface area contributed by atoms with E-state index in [2.05, 4.69) is 25.2 Å². The molecule has 2 N–H and O–H groups in total. The predicted octanol–water partition coefficient (Wildman–Crippen LogP) is 1.95. The maximum atomic E-state index is 8.65.